The summed E-state index contributed by atoms with van der Waals surface area (Å²) in [7, 11) is 4.71. The van der Waals surface area contributed by atoms with E-state index in [1.165, 1.54) is 7.11 Å². The van der Waals surface area contributed by atoms with Crippen LogP contribution in [0.2, 0.25) is 0 Å². The van der Waals surface area contributed by atoms with Crippen molar-refractivity contribution in [2.75, 3.05) is 41.0 Å². The minimum absolute atomic E-state index is 0.190. The quantitative estimate of drug-likeness (QED) is 0.251. The first-order chi connectivity index (χ1) is 20.6. The van der Waals surface area contributed by atoms with Gasteiger partial charge >= 0.3 is 5.97 Å². The molecule has 10 heteroatoms. The number of esters is 1. The zero-order chi connectivity index (χ0) is 30.5. The molecule has 1 saturated heterocycles. The Balaban J connectivity index is 1.48. The molecule has 7 aliphatic rings. The summed E-state index contributed by atoms with van der Waals surface area (Å²) in [6.07, 6.45) is -3.84. The molecule has 4 N–H and O–H groups in total. The second-order valence-corrected chi connectivity index (χ2v) is 14.1. The Bertz CT molecular complexity index is 1400. The lowest BCUT2D eigenvalue weighted by Crippen LogP contribution is -2.85. The van der Waals surface area contributed by atoms with Gasteiger partial charge in [0.05, 0.1) is 42.0 Å². The van der Waals surface area contributed by atoms with E-state index in [1.54, 1.807) is 38.5 Å². The van der Waals surface area contributed by atoms with Gasteiger partial charge in [0.2, 0.25) is 0 Å². The van der Waals surface area contributed by atoms with Gasteiger partial charge in [-0.15, -0.1) is 0 Å². The highest BCUT2D eigenvalue weighted by Crippen LogP contribution is 2.91. The van der Waals surface area contributed by atoms with Crippen LogP contribution < -0.4 is 0 Å². The molecule has 234 valence electrons. The highest BCUT2D eigenvalue weighted by molar-refractivity contribution is 5.91. The molecule has 5 fully saturated rings. The third kappa shape index (κ3) is 2.59. The van der Waals surface area contributed by atoms with Gasteiger partial charge in [0.15, 0.2) is 5.60 Å². The van der Waals surface area contributed by atoms with Crippen LogP contribution in [0.15, 0.2) is 41.5 Å². The van der Waals surface area contributed by atoms with Crippen LogP contribution in [0.4, 0.5) is 0 Å². The second kappa shape index (κ2) is 8.67. The third-order valence-electron chi connectivity index (χ3n) is 13.5. The average Bonchev–Trinajstić information content (AvgIpc) is 3.52. The molecule has 1 aliphatic heterocycles. The molecule has 0 radical (unpaired) electrons. The maximum absolute atomic E-state index is 14.3. The molecule has 0 aromatic heterocycles. The van der Waals surface area contributed by atoms with E-state index in [2.05, 4.69) is 11.8 Å². The summed E-state index contributed by atoms with van der Waals surface area (Å²) in [6, 6.07) is 8.44. The van der Waals surface area contributed by atoms with Gasteiger partial charge < -0.3 is 39.4 Å². The number of carbonyl (C=O) groups is 1. The number of aliphatic hydroxyl groups is 4. The van der Waals surface area contributed by atoms with E-state index < -0.39 is 81.7 Å². The maximum atomic E-state index is 14.3. The monoisotopic (exact) mass is 597 g/mol. The minimum Gasteiger partial charge on any atom is -0.449 e. The van der Waals surface area contributed by atoms with Crippen molar-refractivity contribution in [1.29, 1.82) is 0 Å². The van der Waals surface area contributed by atoms with E-state index >= 15 is 0 Å². The number of methoxy groups -OCH3 is 3. The zero-order valence-corrected chi connectivity index (χ0v) is 25.4. The van der Waals surface area contributed by atoms with Crippen LogP contribution in [0.3, 0.4) is 0 Å². The summed E-state index contributed by atoms with van der Waals surface area (Å²) in [4.78, 5) is 16.6. The number of benzene rings is 1. The number of hydrogen-bond acceptors (Lipinski definition) is 10. The highest BCUT2D eigenvalue weighted by Gasteiger charge is 3.01. The summed E-state index contributed by atoms with van der Waals surface area (Å²) in [5.74, 6) is -2.15. The lowest BCUT2D eigenvalue weighted by molar-refractivity contribution is -0.328. The summed E-state index contributed by atoms with van der Waals surface area (Å²) >= 11 is 0. The molecule has 14 atom stereocenters. The van der Waals surface area contributed by atoms with Crippen molar-refractivity contribution in [3.05, 3.63) is 47.0 Å². The molecule has 1 spiro atoms. The Hall–Kier alpha value is -1.89. The van der Waals surface area contributed by atoms with Crippen molar-refractivity contribution in [3.63, 3.8) is 0 Å². The van der Waals surface area contributed by atoms with Crippen molar-refractivity contribution in [3.8, 4) is 0 Å². The molecular formula is C33H43NO9. The van der Waals surface area contributed by atoms with Gasteiger partial charge in [-0.3, -0.25) is 4.90 Å². The van der Waals surface area contributed by atoms with E-state index in [0.717, 1.165) is 5.57 Å². The number of rotatable bonds is 8. The predicted octanol–water partition coefficient (Wildman–Crippen LogP) is 0.763. The molecule has 0 amide bonds. The Morgan fingerprint density at radius 3 is 2.40 bits per heavy atom. The summed E-state index contributed by atoms with van der Waals surface area (Å²) < 4.78 is 25.0. The lowest BCUT2D eigenvalue weighted by Gasteiger charge is -2.74. The van der Waals surface area contributed by atoms with E-state index in [0.29, 0.717) is 30.6 Å². The normalized spacial score (nSPS) is 53.3. The van der Waals surface area contributed by atoms with Gasteiger partial charge in [0, 0.05) is 74.5 Å². The zero-order valence-electron chi connectivity index (χ0n) is 25.4. The van der Waals surface area contributed by atoms with Crippen LogP contribution >= 0.6 is 0 Å². The number of piperidine rings is 1. The molecular weight excluding hydrogens is 554 g/mol. The van der Waals surface area contributed by atoms with Gasteiger partial charge in [-0.1, -0.05) is 32.0 Å². The minimum atomic E-state index is -1.57. The van der Waals surface area contributed by atoms with Crippen LogP contribution in [-0.4, -0.2) is 120 Å². The number of fused-ring (bicyclic) bond motifs is 3. The van der Waals surface area contributed by atoms with Crippen molar-refractivity contribution in [1.82, 2.24) is 4.90 Å². The number of ether oxygens (including phenoxy) is 4. The molecule has 10 nitrogen and oxygen atoms in total. The largest absolute Gasteiger partial charge is 0.449 e. The Labute approximate surface area is 251 Å². The smallest absolute Gasteiger partial charge is 0.339 e. The van der Waals surface area contributed by atoms with E-state index in [1.807, 2.05) is 13.0 Å². The topological polar surface area (TPSA) is 138 Å². The van der Waals surface area contributed by atoms with Crippen LogP contribution in [-0.2, 0) is 18.9 Å². The fourth-order valence-electron chi connectivity index (χ4n) is 12.6. The molecule has 8 rings (SSSR count). The van der Waals surface area contributed by atoms with E-state index in [9.17, 15) is 25.2 Å². The predicted molar refractivity (Wildman–Crippen MR) is 152 cm³/mol. The Kier molecular flexibility index (Phi) is 5.76. The number of aliphatic hydroxyl groups excluding tert-OH is 3. The fourth-order valence-corrected chi connectivity index (χ4v) is 12.6. The third-order valence-corrected chi connectivity index (χ3v) is 13.5. The van der Waals surface area contributed by atoms with Crippen LogP contribution in [0.5, 0.6) is 0 Å². The Morgan fingerprint density at radius 2 is 1.79 bits per heavy atom. The lowest BCUT2D eigenvalue weighted by atomic mass is 9.35. The van der Waals surface area contributed by atoms with E-state index in [-0.39, 0.29) is 19.1 Å². The number of likely N-dealkylation sites (tertiary alicyclic amines) is 1. The molecule has 1 aromatic carbocycles. The molecule has 1 heterocycles. The summed E-state index contributed by atoms with van der Waals surface area (Å²) in [6.45, 7) is 5.34. The van der Waals surface area contributed by atoms with Gasteiger partial charge in [0.25, 0.3) is 0 Å². The van der Waals surface area contributed by atoms with Crippen molar-refractivity contribution in [2.24, 2.45) is 34.0 Å². The van der Waals surface area contributed by atoms with Gasteiger partial charge in [0.1, 0.15) is 11.7 Å². The molecule has 43 heavy (non-hydrogen) atoms. The molecule has 1 aromatic rings. The number of hydrogen-bond donors (Lipinski definition) is 4. The van der Waals surface area contributed by atoms with Crippen LogP contribution in [0, 0.1) is 34.0 Å². The average molecular weight is 598 g/mol. The van der Waals surface area contributed by atoms with Gasteiger partial charge in [-0.2, -0.15) is 0 Å². The first-order valence-electron chi connectivity index (χ1n) is 15.7. The number of carbonyl (C=O) groups excluding carboxylic acids is 1. The standard InChI is InChI=1S/C33H43NO9/c1-6-30-19-21(36)24-29(15-40-3)14-34(7-2)25(19)31(24,18(41-4)13-17(29)35)33(43-28(38)16-11-9-8-10-12-16)22(30)20-23(33)32(20,39)27(42-5)26(30)37/h8-12,17-19,21-22,24-27,35-37,39H,6-7,13-15H2,1-5H3/t17-,18+,19?,21?,22?,24?,25?,26?,27+,29?,30-,31?,32?,33-/m1/s1. The maximum Gasteiger partial charge on any atom is 0.339 e. The van der Waals surface area contributed by atoms with Crippen LogP contribution in [0.1, 0.15) is 37.0 Å². The van der Waals surface area contributed by atoms with Crippen molar-refractivity contribution < 1.29 is 44.2 Å². The van der Waals surface area contributed by atoms with Gasteiger partial charge in [-0.25, -0.2) is 4.79 Å². The van der Waals surface area contributed by atoms with Gasteiger partial charge in [-0.05, 0) is 30.7 Å². The molecule has 6 aliphatic carbocycles. The first-order valence-corrected chi connectivity index (χ1v) is 15.7. The van der Waals surface area contributed by atoms with Crippen molar-refractivity contribution in [2.45, 2.75) is 74.5 Å². The van der Waals surface area contributed by atoms with Crippen LogP contribution in [0.25, 0.3) is 0 Å². The molecule has 9 unspecified atom stereocenters. The SMILES string of the molecule is CCN1CC2(COC)C3C(O)C4C1C3([C@@H](OC)C[C@H]2O)[C@]1(OC(=O)c2ccccc2)C2=C3C1[C@]4(CC)C(O)[C@H](OC)C32O. The first kappa shape index (κ1) is 28.6. The molecule has 4 saturated carbocycles. The Morgan fingerprint density at radius 1 is 1.07 bits per heavy atom. The van der Waals surface area contributed by atoms with Crippen molar-refractivity contribution >= 4 is 5.97 Å². The summed E-state index contributed by atoms with van der Waals surface area (Å²) in [5, 5.41) is 49.5. The molecule has 5 bridgehead atoms. The second-order valence-electron chi connectivity index (χ2n) is 14.1. The fraction of sp³-hybridized carbons (Fsp3) is 0.727. The van der Waals surface area contributed by atoms with E-state index in [4.69, 9.17) is 18.9 Å². The summed E-state index contributed by atoms with van der Waals surface area (Å²) in [5.41, 5.74) is -4.18. The highest BCUT2D eigenvalue weighted by atomic mass is 16.6. The number of nitrogens with zero attached hydrogens (tertiary/aromatic N) is 1.